The van der Waals surface area contributed by atoms with Gasteiger partial charge < -0.3 is 5.11 Å². The first-order chi connectivity index (χ1) is 8.90. The number of carboxylic acids is 1. The summed E-state index contributed by atoms with van der Waals surface area (Å²) < 4.78 is 13.6. The minimum atomic E-state index is -1.34. The molecule has 0 fully saturated rings. The molecule has 2 nitrogen and oxygen atoms in total. The predicted octanol–water partition coefficient (Wildman–Crippen LogP) is 5.15. The summed E-state index contributed by atoms with van der Waals surface area (Å²) in [6.45, 7) is 0. The van der Waals surface area contributed by atoms with E-state index in [0.29, 0.717) is 16.1 Å². The van der Waals surface area contributed by atoms with Crippen LogP contribution >= 0.6 is 34.8 Å². The lowest BCUT2D eigenvalue weighted by Crippen LogP contribution is -2.00. The quantitative estimate of drug-likeness (QED) is 0.831. The van der Waals surface area contributed by atoms with Gasteiger partial charge in [0.2, 0.25) is 0 Å². The van der Waals surface area contributed by atoms with Crippen LogP contribution in [0, 0.1) is 5.82 Å². The third-order valence-electron chi connectivity index (χ3n) is 2.50. The normalized spacial score (nSPS) is 10.5. The molecule has 0 saturated carbocycles. The van der Waals surface area contributed by atoms with Gasteiger partial charge in [-0.15, -0.1) is 0 Å². The van der Waals surface area contributed by atoms with Gasteiger partial charge in [-0.3, -0.25) is 0 Å². The Bertz CT molecular complexity index is 648. The molecular formula is C13H6Cl3FO2. The van der Waals surface area contributed by atoms with Crippen LogP contribution in [0.1, 0.15) is 10.4 Å². The number of halogens is 4. The van der Waals surface area contributed by atoms with Gasteiger partial charge in [0.1, 0.15) is 5.82 Å². The van der Waals surface area contributed by atoms with Crippen LogP contribution in [0.2, 0.25) is 15.1 Å². The summed E-state index contributed by atoms with van der Waals surface area (Å²) in [5.74, 6) is -2.19. The number of aromatic carboxylic acids is 1. The highest BCUT2D eigenvalue weighted by molar-refractivity contribution is 6.41. The van der Waals surface area contributed by atoms with E-state index in [1.807, 2.05) is 0 Å². The molecule has 0 aromatic heterocycles. The maximum Gasteiger partial charge on any atom is 0.338 e. The molecule has 0 bridgehead atoms. The van der Waals surface area contributed by atoms with Crippen molar-refractivity contribution in [2.45, 2.75) is 0 Å². The van der Waals surface area contributed by atoms with Gasteiger partial charge in [0.25, 0.3) is 0 Å². The van der Waals surface area contributed by atoms with Crippen LogP contribution < -0.4 is 0 Å². The fraction of sp³-hybridized carbons (Fsp3) is 0. The number of hydrogen-bond donors (Lipinski definition) is 1. The summed E-state index contributed by atoms with van der Waals surface area (Å²) in [6.07, 6.45) is 0. The average molecular weight is 320 g/mol. The predicted molar refractivity (Wildman–Crippen MR) is 73.8 cm³/mol. The zero-order valence-corrected chi connectivity index (χ0v) is 11.5. The van der Waals surface area contributed by atoms with Crippen LogP contribution in [0.25, 0.3) is 11.1 Å². The highest BCUT2D eigenvalue weighted by atomic mass is 35.5. The van der Waals surface area contributed by atoms with E-state index in [2.05, 4.69) is 0 Å². The van der Waals surface area contributed by atoms with Crippen LogP contribution in [-0.2, 0) is 0 Å². The third-order valence-corrected chi connectivity index (χ3v) is 3.31. The Morgan fingerprint density at radius 3 is 2.11 bits per heavy atom. The van der Waals surface area contributed by atoms with Crippen LogP contribution in [0.5, 0.6) is 0 Å². The largest absolute Gasteiger partial charge is 0.478 e. The van der Waals surface area contributed by atoms with Crippen molar-refractivity contribution >= 4 is 40.8 Å². The van der Waals surface area contributed by atoms with Gasteiger partial charge in [-0.25, -0.2) is 9.18 Å². The molecule has 0 aliphatic rings. The molecule has 0 spiro atoms. The molecule has 0 amide bonds. The summed E-state index contributed by atoms with van der Waals surface area (Å²) in [5.41, 5.74) is 0.377. The summed E-state index contributed by atoms with van der Waals surface area (Å²) in [6, 6.07) is 6.63. The van der Waals surface area contributed by atoms with Gasteiger partial charge in [0, 0.05) is 10.6 Å². The zero-order chi connectivity index (χ0) is 14.2. The smallest absolute Gasteiger partial charge is 0.338 e. The molecular weight excluding hydrogens is 313 g/mol. The van der Waals surface area contributed by atoms with Crippen molar-refractivity contribution in [3.05, 3.63) is 56.8 Å². The zero-order valence-electron chi connectivity index (χ0n) is 9.25. The Morgan fingerprint density at radius 2 is 1.63 bits per heavy atom. The summed E-state index contributed by atoms with van der Waals surface area (Å²) in [7, 11) is 0. The lowest BCUT2D eigenvalue weighted by molar-refractivity contribution is 0.0692. The molecule has 1 N–H and O–H groups in total. The molecule has 2 aromatic rings. The topological polar surface area (TPSA) is 37.3 Å². The van der Waals surface area contributed by atoms with Crippen molar-refractivity contribution in [3.63, 3.8) is 0 Å². The second-order valence-electron chi connectivity index (χ2n) is 3.74. The van der Waals surface area contributed by atoms with Crippen molar-refractivity contribution in [1.82, 2.24) is 0 Å². The van der Waals surface area contributed by atoms with Crippen molar-refractivity contribution < 1.29 is 14.3 Å². The van der Waals surface area contributed by atoms with E-state index in [0.717, 1.165) is 12.1 Å². The fourth-order valence-electron chi connectivity index (χ4n) is 1.66. The maximum absolute atomic E-state index is 13.6. The molecule has 6 heteroatoms. The van der Waals surface area contributed by atoms with Crippen LogP contribution in [-0.4, -0.2) is 11.1 Å². The first-order valence-corrected chi connectivity index (χ1v) is 6.21. The van der Waals surface area contributed by atoms with Gasteiger partial charge >= 0.3 is 5.97 Å². The second-order valence-corrected chi connectivity index (χ2v) is 5.00. The van der Waals surface area contributed by atoms with E-state index in [1.54, 1.807) is 0 Å². The van der Waals surface area contributed by atoms with Gasteiger partial charge in [-0.1, -0.05) is 40.9 Å². The van der Waals surface area contributed by atoms with Crippen molar-refractivity contribution in [2.24, 2.45) is 0 Å². The molecule has 2 aromatic carbocycles. The van der Waals surface area contributed by atoms with E-state index in [4.69, 9.17) is 39.9 Å². The molecule has 0 aliphatic heterocycles. The Labute approximate surface area is 123 Å². The Hall–Kier alpha value is -1.29. The molecule has 19 heavy (non-hydrogen) atoms. The lowest BCUT2D eigenvalue weighted by Gasteiger charge is -2.09. The summed E-state index contributed by atoms with van der Waals surface area (Å²) in [5, 5.41) is 9.65. The number of benzene rings is 2. The minimum Gasteiger partial charge on any atom is -0.478 e. The van der Waals surface area contributed by atoms with E-state index in [1.165, 1.54) is 18.2 Å². The van der Waals surface area contributed by atoms with Crippen molar-refractivity contribution in [3.8, 4) is 11.1 Å². The summed E-state index contributed by atoms with van der Waals surface area (Å²) in [4.78, 5) is 10.7. The Morgan fingerprint density at radius 1 is 1.05 bits per heavy atom. The summed E-state index contributed by atoms with van der Waals surface area (Å²) >= 11 is 17.8. The first-order valence-electron chi connectivity index (χ1n) is 5.08. The molecule has 0 radical (unpaired) electrons. The number of carbonyl (C=O) groups is 1. The molecule has 0 aliphatic carbocycles. The van der Waals surface area contributed by atoms with Crippen LogP contribution in [0.3, 0.4) is 0 Å². The average Bonchev–Trinajstić information content (AvgIpc) is 2.26. The monoisotopic (exact) mass is 318 g/mol. The molecule has 98 valence electrons. The molecule has 0 atom stereocenters. The lowest BCUT2D eigenvalue weighted by atomic mass is 10.0. The molecule has 0 heterocycles. The minimum absolute atomic E-state index is 0.264. The molecule has 2 rings (SSSR count). The number of hydrogen-bond acceptors (Lipinski definition) is 1. The highest BCUT2D eigenvalue weighted by Crippen LogP contribution is 2.37. The van der Waals surface area contributed by atoms with Crippen LogP contribution in [0.15, 0.2) is 30.3 Å². The second kappa shape index (κ2) is 5.37. The third kappa shape index (κ3) is 2.84. The van der Waals surface area contributed by atoms with Crippen molar-refractivity contribution in [2.75, 3.05) is 0 Å². The molecule has 0 saturated heterocycles. The van der Waals surface area contributed by atoms with E-state index >= 15 is 0 Å². The van der Waals surface area contributed by atoms with Gasteiger partial charge in [-0.2, -0.15) is 0 Å². The number of carboxylic acid groups (broad SMARTS) is 1. The van der Waals surface area contributed by atoms with Crippen molar-refractivity contribution in [1.29, 1.82) is 0 Å². The van der Waals surface area contributed by atoms with Gasteiger partial charge in [0.15, 0.2) is 0 Å². The first kappa shape index (κ1) is 14.1. The van der Waals surface area contributed by atoms with E-state index < -0.39 is 17.3 Å². The molecule has 0 unspecified atom stereocenters. The van der Waals surface area contributed by atoms with Gasteiger partial charge in [-0.05, 0) is 29.8 Å². The van der Waals surface area contributed by atoms with E-state index in [9.17, 15) is 9.18 Å². The standard InChI is InChI=1S/C13H6Cl3FO2/c14-7-4-9(15)12(10(16)5-7)6-1-2-8(13(18)19)11(17)3-6/h1-5H,(H,18,19). The highest BCUT2D eigenvalue weighted by Gasteiger charge is 2.15. The Kier molecular flexibility index (Phi) is 3.99. The van der Waals surface area contributed by atoms with Gasteiger partial charge in [0.05, 0.1) is 15.6 Å². The fourth-order valence-corrected chi connectivity index (χ4v) is 2.70. The van der Waals surface area contributed by atoms with Crippen LogP contribution in [0.4, 0.5) is 4.39 Å². The SMILES string of the molecule is O=C(O)c1ccc(-c2c(Cl)cc(Cl)cc2Cl)cc1F. The number of rotatable bonds is 2. The maximum atomic E-state index is 13.6. The van der Waals surface area contributed by atoms with E-state index in [-0.39, 0.29) is 10.0 Å². The Balaban J connectivity index is 2.61.